The molecule has 6 heteroatoms. The summed E-state index contributed by atoms with van der Waals surface area (Å²) in [5, 5.41) is 12.1. The molecule has 0 saturated carbocycles. The van der Waals surface area contributed by atoms with E-state index < -0.39 is 0 Å². The topological polar surface area (TPSA) is 87.6 Å². The molecule has 3 aromatic heterocycles. The monoisotopic (exact) mass is 353 g/mol. The third-order valence-corrected chi connectivity index (χ3v) is 3.94. The Balaban J connectivity index is 1.59. The molecule has 4 aromatic rings. The highest BCUT2D eigenvalue weighted by Gasteiger charge is 2.10. The predicted octanol–water partition coefficient (Wildman–Crippen LogP) is 4.72. The summed E-state index contributed by atoms with van der Waals surface area (Å²) in [6.07, 6.45) is 3.40. The number of hydrogen-bond acceptors (Lipinski definition) is 6. The number of rotatable bonds is 4. The largest absolute Gasteiger partial charge is 0.434 e. The van der Waals surface area contributed by atoms with Crippen LogP contribution >= 0.6 is 0 Å². The summed E-state index contributed by atoms with van der Waals surface area (Å²) in [4.78, 5) is 13.2. The Labute approximate surface area is 156 Å². The van der Waals surface area contributed by atoms with Crippen LogP contribution in [-0.2, 0) is 0 Å². The van der Waals surface area contributed by atoms with E-state index in [9.17, 15) is 0 Å². The first-order valence-electron chi connectivity index (χ1n) is 8.35. The van der Waals surface area contributed by atoms with Gasteiger partial charge >= 0.3 is 0 Å². The van der Waals surface area contributed by atoms with E-state index in [-0.39, 0.29) is 0 Å². The molecule has 4 rings (SSSR count). The molecule has 0 aliphatic heterocycles. The number of aromatic nitrogens is 3. The van der Waals surface area contributed by atoms with E-state index in [0.29, 0.717) is 28.7 Å². The van der Waals surface area contributed by atoms with Crippen LogP contribution in [0.5, 0.6) is 0 Å². The quantitative estimate of drug-likeness (QED) is 0.571. The number of benzene rings is 1. The molecule has 0 aliphatic rings. The van der Waals surface area contributed by atoms with Gasteiger partial charge in [0.2, 0.25) is 5.89 Å². The average molecular weight is 353 g/mol. The van der Waals surface area contributed by atoms with Crippen LogP contribution < -0.4 is 5.32 Å². The maximum absolute atomic E-state index is 8.89. The van der Waals surface area contributed by atoms with Crippen molar-refractivity contribution in [2.24, 2.45) is 0 Å². The van der Waals surface area contributed by atoms with Gasteiger partial charge in [-0.2, -0.15) is 5.26 Å². The van der Waals surface area contributed by atoms with Gasteiger partial charge in [0.25, 0.3) is 0 Å². The second kappa shape index (κ2) is 7.10. The number of hydrogen-bond donors (Lipinski definition) is 1. The second-order valence-corrected chi connectivity index (χ2v) is 5.97. The second-order valence-electron chi connectivity index (χ2n) is 5.97. The van der Waals surface area contributed by atoms with Crippen molar-refractivity contribution in [1.29, 1.82) is 5.26 Å². The van der Waals surface area contributed by atoms with Gasteiger partial charge in [-0.15, -0.1) is 0 Å². The number of oxazole rings is 1. The maximum atomic E-state index is 8.89. The van der Waals surface area contributed by atoms with Gasteiger partial charge in [0.15, 0.2) is 5.76 Å². The van der Waals surface area contributed by atoms with Crippen molar-refractivity contribution in [2.45, 2.75) is 6.92 Å². The molecular weight excluding hydrogens is 338 g/mol. The Morgan fingerprint density at radius 3 is 2.63 bits per heavy atom. The Bertz CT molecular complexity index is 1130. The lowest BCUT2D eigenvalue weighted by atomic mass is 10.1. The summed E-state index contributed by atoms with van der Waals surface area (Å²) in [5.41, 5.74) is 3.18. The van der Waals surface area contributed by atoms with Crippen LogP contribution in [0.15, 0.2) is 71.4 Å². The molecule has 130 valence electrons. The van der Waals surface area contributed by atoms with Gasteiger partial charge in [0.1, 0.15) is 17.3 Å². The number of anilines is 2. The molecule has 0 aliphatic carbocycles. The number of nitrogens with one attached hydrogen (secondary N) is 1. The van der Waals surface area contributed by atoms with Gasteiger partial charge in [-0.3, -0.25) is 0 Å². The third-order valence-electron chi connectivity index (χ3n) is 3.94. The van der Waals surface area contributed by atoms with Crippen LogP contribution in [0.3, 0.4) is 0 Å². The maximum Gasteiger partial charge on any atom is 0.226 e. The van der Waals surface area contributed by atoms with Crippen molar-refractivity contribution in [3.63, 3.8) is 0 Å². The fourth-order valence-corrected chi connectivity index (χ4v) is 2.59. The van der Waals surface area contributed by atoms with Crippen molar-refractivity contribution in [3.8, 4) is 29.0 Å². The van der Waals surface area contributed by atoms with Crippen LogP contribution in [0.1, 0.15) is 11.1 Å². The van der Waals surface area contributed by atoms with Crippen LogP contribution in [-0.4, -0.2) is 15.0 Å². The van der Waals surface area contributed by atoms with Crippen LogP contribution in [0.4, 0.5) is 11.6 Å². The minimum Gasteiger partial charge on any atom is -0.434 e. The summed E-state index contributed by atoms with van der Waals surface area (Å²) in [6, 6.07) is 18.7. The van der Waals surface area contributed by atoms with E-state index in [1.165, 1.54) is 0 Å². The molecular formula is C21H15N5O. The fourth-order valence-electron chi connectivity index (χ4n) is 2.59. The minimum atomic E-state index is 0.481. The molecule has 27 heavy (non-hydrogen) atoms. The summed E-state index contributed by atoms with van der Waals surface area (Å²) in [5.74, 6) is 2.45. The van der Waals surface area contributed by atoms with E-state index >= 15 is 0 Å². The van der Waals surface area contributed by atoms with E-state index in [1.54, 1.807) is 24.5 Å². The Kier molecular flexibility index (Phi) is 4.33. The van der Waals surface area contributed by atoms with Crippen LogP contribution in [0, 0.1) is 18.3 Å². The Morgan fingerprint density at radius 1 is 1.00 bits per heavy atom. The molecule has 6 nitrogen and oxygen atoms in total. The lowest BCUT2D eigenvalue weighted by Crippen LogP contribution is -1.96. The third kappa shape index (κ3) is 3.67. The van der Waals surface area contributed by atoms with Crippen molar-refractivity contribution in [3.05, 3.63) is 78.1 Å². The number of nitriles is 1. The predicted molar refractivity (Wildman–Crippen MR) is 102 cm³/mol. The number of nitrogens with zero attached hydrogens (tertiary/aromatic N) is 4. The molecule has 0 radical (unpaired) electrons. The van der Waals surface area contributed by atoms with Crippen LogP contribution in [0.25, 0.3) is 22.9 Å². The lowest BCUT2D eigenvalue weighted by molar-refractivity contribution is 0.586. The first-order chi connectivity index (χ1) is 13.2. The smallest absolute Gasteiger partial charge is 0.226 e. The van der Waals surface area contributed by atoms with Gasteiger partial charge in [0, 0.05) is 11.8 Å². The van der Waals surface area contributed by atoms with E-state index in [4.69, 9.17) is 9.68 Å². The highest BCUT2D eigenvalue weighted by molar-refractivity contribution is 5.62. The molecule has 0 amide bonds. The lowest BCUT2D eigenvalue weighted by Gasteiger charge is -2.06. The highest BCUT2D eigenvalue weighted by Crippen LogP contribution is 2.26. The van der Waals surface area contributed by atoms with E-state index in [2.05, 4.69) is 26.3 Å². The van der Waals surface area contributed by atoms with Crippen molar-refractivity contribution >= 4 is 11.6 Å². The molecule has 0 spiro atoms. The van der Waals surface area contributed by atoms with Gasteiger partial charge in [0.05, 0.1) is 17.8 Å². The molecule has 0 unspecified atom stereocenters. The van der Waals surface area contributed by atoms with Gasteiger partial charge < -0.3 is 9.73 Å². The van der Waals surface area contributed by atoms with E-state index in [0.717, 1.165) is 16.9 Å². The molecule has 0 bridgehead atoms. The minimum absolute atomic E-state index is 0.481. The SMILES string of the molecule is Cc1ccnc(Nc2cccc(-c3cnc(-c4ccc(C#N)cc4)o3)n2)c1. The van der Waals surface area contributed by atoms with Gasteiger partial charge in [-0.25, -0.2) is 15.0 Å². The van der Waals surface area contributed by atoms with Crippen molar-refractivity contribution in [1.82, 2.24) is 15.0 Å². The normalized spacial score (nSPS) is 10.4. The summed E-state index contributed by atoms with van der Waals surface area (Å²) in [6.45, 7) is 2.01. The number of pyridine rings is 2. The summed E-state index contributed by atoms with van der Waals surface area (Å²) in [7, 11) is 0. The molecule has 0 saturated heterocycles. The molecule has 3 heterocycles. The zero-order valence-electron chi connectivity index (χ0n) is 14.5. The molecule has 0 atom stereocenters. The van der Waals surface area contributed by atoms with E-state index in [1.807, 2.05) is 49.4 Å². The summed E-state index contributed by atoms with van der Waals surface area (Å²) < 4.78 is 5.85. The highest BCUT2D eigenvalue weighted by atomic mass is 16.4. The molecule has 1 aromatic carbocycles. The van der Waals surface area contributed by atoms with Gasteiger partial charge in [-0.05, 0) is 61.0 Å². The zero-order chi connectivity index (χ0) is 18.6. The van der Waals surface area contributed by atoms with Crippen LogP contribution in [0.2, 0.25) is 0 Å². The first kappa shape index (κ1) is 16.5. The van der Waals surface area contributed by atoms with Gasteiger partial charge in [-0.1, -0.05) is 6.07 Å². The standard InChI is InChI=1S/C21H15N5O/c1-14-9-10-23-20(11-14)26-19-4-2-3-17(25-19)18-13-24-21(27-18)16-7-5-15(12-22)6-8-16/h2-11,13H,1H3,(H,23,25,26). The Hall–Kier alpha value is -3.98. The fraction of sp³-hybridized carbons (Fsp3) is 0.0476. The summed E-state index contributed by atoms with van der Waals surface area (Å²) >= 11 is 0. The zero-order valence-corrected chi connectivity index (χ0v) is 14.5. The molecule has 0 fully saturated rings. The average Bonchev–Trinajstić information content (AvgIpc) is 3.19. The number of aryl methyl sites for hydroxylation is 1. The van der Waals surface area contributed by atoms with Crippen molar-refractivity contribution < 1.29 is 4.42 Å². The van der Waals surface area contributed by atoms with Crippen molar-refractivity contribution in [2.75, 3.05) is 5.32 Å². The Morgan fingerprint density at radius 2 is 1.85 bits per heavy atom. The first-order valence-corrected chi connectivity index (χ1v) is 8.35. The molecule has 1 N–H and O–H groups in total.